The Kier molecular flexibility index (Phi) is 4.73. The summed E-state index contributed by atoms with van der Waals surface area (Å²) in [6.07, 6.45) is 0. The summed E-state index contributed by atoms with van der Waals surface area (Å²) in [7, 11) is 0. The molecule has 0 atom stereocenters. The molecule has 0 saturated heterocycles. The topological polar surface area (TPSA) is 63.0 Å². The first-order chi connectivity index (χ1) is 11.2. The molecule has 0 bridgehead atoms. The minimum atomic E-state index is 0.0588. The molecule has 2 aromatic heterocycles. The molecule has 0 spiro atoms. The standard InChI is InChI=1S/C17H20N4OS/c1-12-16(23-13(2)19-12)11-18-17-10-15(20-21(17)8-9-22)14-6-4-3-5-7-14/h3-7,10,18,22H,8-9,11H2,1-2H3. The predicted octanol–water partition coefficient (Wildman–Crippen LogP) is 3.23. The molecule has 0 radical (unpaired) electrons. The fourth-order valence-corrected chi connectivity index (χ4v) is 3.36. The molecular formula is C17H20N4OS. The van der Waals surface area contributed by atoms with Gasteiger partial charge in [0.2, 0.25) is 0 Å². The second-order valence-corrected chi connectivity index (χ2v) is 6.61. The summed E-state index contributed by atoms with van der Waals surface area (Å²) >= 11 is 1.70. The number of benzene rings is 1. The highest BCUT2D eigenvalue weighted by Gasteiger charge is 2.11. The lowest BCUT2D eigenvalue weighted by Gasteiger charge is -2.07. The van der Waals surface area contributed by atoms with Crippen molar-refractivity contribution >= 4 is 17.2 Å². The number of aromatic nitrogens is 3. The minimum Gasteiger partial charge on any atom is -0.394 e. The first-order valence-corrected chi connectivity index (χ1v) is 8.40. The van der Waals surface area contributed by atoms with Crippen molar-refractivity contribution in [1.82, 2.24) is 14.8 Å². The van der Waals surface area contributed by atoms with E-state index in [0.29, 0.717) is 13.1 Å². The monoisotopic (exact) mass is 328 g/mol. The van der Waals surface area contributed by atoms with E-state index < -0.39 is 0 Å². The van der Waals surface area contributed by atoms with Gasteiger partial charge < -0.3 is 10.4 Å². The molecule has 1 aromatic carbocycles. The van der Waals surface area contributed by atoms with Gasteiger partial charge in [-0.05, 0) is 13.8 Å². The Bertz CT molecular complexity index is 779. The molecule has 0 aliphatic carbocycles. The number of aryl methyl sites for hydroxylation is 2. The van der Waals surface area contributed by atoms with Gasteiger partial charge in [0.1, 0.15) is 5.82 Å². The molecule has 0 aliphatic rings. The number of hydrogen-bond donors (Lipinski definition) is 2. The van der Waals surface area contributed by atoms with E-state index in [9.17, 15) is 5.11 Å². The highest BCUT2D eigenvalue weighted by atomic mass is 32.1. The lowest BCUT2D eigenvalue weighted by Crippen LogP contribution is -2.10. The Morgan fingerprint density at radius 1 is 1.22 bits per heavy atom. The number of anilines is 1. The van der Waals surface area contributed by atoms with E-state index in [1.165, 1.54) is 4.88 Å². The van der Waals surface area contributed by atoms with Gasteiger partial charge in [-0.25, -0.2) is 9.67 Å². The number of nitrogens with one attached hydrogen (secondary N) is 1. The van der Waals surface area contributed by atoms with Crippen LogP contribution in [0.3, 0.4) is 0 Å². The van der Waals surface area contributed by atoms with E-state index in [1.54, 1.807) is 11.3 Å². The van der Waals surface area contributed by atoms with Crippen LogP contribution in [-0.2, 0) is 13.1 Å². The predicted molar refractivity (Wildman–Crippen MR) is 93.7 cm³/mol. The summed E-state index contributed by atoms with van der Waals surface area (Å²) in [5.41, 5.74) is 3.03. The van der Waals surface area contributed by atoms with E-state index in [1.807, 2.05) is 54.9 Å². The van der Waals surface area contributed by atoms with Crippen molar-refractivity contribution < 1.29 is 5.11 Å². The fraction of sp³-hybridized carbons (Fsp3) is 0.294. The maximum absolute atomic E-state index is 9.26. The molecule has 0 aliphatic heterocycles. The summed E-state index contributed by atoms with van der Waals surface area (Å²) in [6, 6.07) is 12.1. The van der Waals surface area contributed by atoms with Crippen LogP contribution >= 0.6 is 11.3 Å². The van der Waals surface area contributed by atoms with E-state index in [4.69, 9.17) is 0 Å². The van der Waals surface area contributed by atoms with Gasteiger partial charge in [0, 0.05) is 16.5 Å². The third-order valence-corrected chi connectivity index (χ3v) is 4.66. The van der Waals surface area contributed by atoms with Crippen LogP contribution in [0.1, 0.15) is 15.6 Å². The number of aliphatic hydroxyl groups is 1. The number of thiazole rings is 1. The van der Waals surface area contributed by atoms with E-state index >= 15 is 0 Å². The number of rotatable bonds is 6. The van der Waals surface area contributed by atoms with E-state index in [0.717, 1.165) is 27.8 Å². The SMILES string of the molecule is Cc1nc(C)c(CNc2cc(-c3ccccc3)nn2CCO)s1. The zero-order chi connectivity index (χ0) is 16.2. The summed E-state index contributed by atoms with van der Waals surface area (Å²) in [4.78, 5) is 5.67. The Balaban J connectivity index is 1.82. The zero-order valence-corrected chi connectivity index (χ0v) is 14.1. The molecule has 0 saturated carbocycles. The van der Waals surface area contributed by atoms with Crippen molar-refractivity contribution in [3.05, 3.63) is 52.0 Å². The Labute approximate surface area is 139 Å². The molecular weight excluding hydrogens is 308 g/mol. The van der Waals surface area contributed by atoms with E-state index in [-0.39, 0.29) is 6.61 Å². The zero-order valence-electron chi connectivity index (χ0n) is 13.3. The van der Waals surface area contributed by atoms with Gasteiger partial charge in [0.05, 0.1) is 36.1 Å². The van der Waals surface area contributed by atoms with Crippen LogP contribution in [0.5, 0.6) is 0 Å². The summed E-state index contributed by atoms with van der Waals surface area (Å²) < 4.78 is 1.81. The van der Waals surface area contributed by atoms with Crippen LogP contribution < -0.4 is 5.32 Å². The van der Waals surface area contributed by atoms with Crippen molar-refractivity contribution in [2.45, 2.75) is 26.9 Å². The molecule has 3 aromatic rings. The third kappa shape index (κ3) is 3.60. The molecule has 23 heavy (non-hydrogen) atoms. The summed E-state index contributed by atoms with van der Waals surface area (Å²) in [5.74, 6) is 0.906. The number of hydrogen-bond acceptors (Lipinski definition) is 5. The van der Waals surface area contributed by atoms with Crippen molar-refractivity contribution in [1.29, 1.82) is 0 Å². The van der Waals surface area contributed by atoms with Gasteiger partial charge in [0.15, 0.2) is 0 Å². The second kappa shape index (κ2) is 6.93. The fourth-order valence-electron chi connectivity index (χ4n) is 2.48. The molecule has 2 N–H and O–H groups in total. The van der Waals surface area contributed by atoms with Gasteiger partial charge in [-0.3, -0.25) is 0 Å². The van der Waals surface area contributed by atoms with Gasteiger partial charge in [-0.15, -0.1) is 11.3 Å². The lowest BCUT2D eigenvalue weighted by atomic mass is 10.2. The Morgan fingerprint density at radius 2 is 2.00 bits per heavy atom. The maximum atomic E-state index is 9.26. The van der Waals surface area contributed by atoms with Crippen LogP contribution in [0.25, 0.3) is 11.3 Å². The maximum Gasteiger partial charge on any atom is 0.125 e. The van der Waals surface area contributed by atoms with Crippen molar-refractivity contribution in [2.75, 3.05) is 11.9 Å². The van der Waals surface area contributed by atoms with Gasteiger partial charge in [0.25, 0.3) is 0 Å². The summed E-state index contributed by atoms with van der Waals surface area (Å²) in [6.45, 7) is 5.29. The quantitative estimate of drug-likeness (QED) is 0.729. The summed E-state index contributed by atoms with van der Waals surface area (Å²) in [5, 5.41) is 18.3. The molecule has 5 nitrogen and oxygen atoms in total. The average molecular weight is 328 g/mol. The van der Waals surface area contributed by atoms with Gasteiger partial charge in [-0.1, -0.05) is 30.3 Å². The first-order valence-electron chi connectivity index (χ1n) is 7.58. The number of aliphatic hydroxyl groups excluding tert-OH is 1. The normalized spacial score (nSPS) is 10.9. The Morgan fingerprint density at radius 3 is 2.65 bits per heavy atom. The van der Waals surface area contributed by atoms with Crippen molar-refractivity contribution in [3.63, 3.8) is 0 Å². The highest BCUT2D eigenvalue weighted by molar-refractivity contribution is 7.11. The third-order valence-electron chi connectivity index (χ3n) is 3.59. The lowest BCUT2D eigenvalue weighted by molar-refractivity contribution is 0.270. The molecule has 0 fully saturated rings. The largest absolute Gasteiger partial charge is 0.394 e. The minimum absolute atomic E-state index is 0.0588. The Hall–Kier alpha value is -2.18. The molecule has 2 heterocycles. The van der Waals surface area contributed by atoms with Crippen molar-refractivity contribution in [3.8, 4) is 11.3 Å². The van der Waals surface area contributed by atoms with Crippen LogP contribution in [0.15, 0.2) is 36.4 Å². The molecule has 120 valence electrons. The van der Waals surface area contributed by atoms with Crippen molar-refractivity contribution in [2.24, 2.45) is 0 Å². The highest BCUT2D eigenvalue weighted by Crippen LogP contribution is 2.23. The average Bonchev–Trinajstić information content (AvgIpc) is 3.09. The van der Waals surface area contributed by atoms with Gasteiger partial charge >= 0.3 is 0 Å². The van der Waals surface area contributed by atoms with Crippen LogP contribution in [0, 0.1) is 13.8 Å². The van der Waals surface area contributed by atoms with Gasteiger partial charge in [-0.2, -0.15) is 5.10 Å². The molecule has 6 heteroatoms. The number of nitrogens with zero attached hydrogens (tertiary/aromatic N) is 3. The smallest absolute Gasteiger partial charge is 0.125 e. The van der Waals surface area contributed by atoms with Crippen LogP contribution in [-0.4, -0.2) is 26.5 Å². The first kappa shape index (κ1) is 15.7. The molecule has 0 unspecified atom stereocenters. The van der Waals surface area contributed by atoms with Crippen LogP contribution in [0.2, 0.25) is 0 Å². The second-order valence-electron chi connectivity index (χ2n) is 5.32. The van der Waals surface area contributed by atoms with E-state index in [2.05, 4.69) is 15.4 Å². The molecule has 0 amide bonds. The molecule has 3 rings (SSSR count). The van der Waals surface area contributed by atoms with Crippen LogP contribution in [0.4, 0.5) is 5.82 Å².